The molecular weight excluding hydrogens is 292 g/mol. The number of benzene rings is 1. The maximum Gasteiger partial charge on any atom is 0.311 e. The van der Waals surface area contributed by atoms with Crippen LogP contribution in [-0.2, 0) is 9.59 Å². The van der Waals surface area contributed by atoms with Crippen molar-refractivity contribution in [1.29, 1.82) is 0 Å². The van der Waals surface area contributed by atoms with Crippen molar-refractivity contribution in [2.45, 2.75) is 12.3 Å². The van der Waals surface area contributed by atoms with E-state index in [1.165, 1.54) is 7.11 Å². The van der Waals surface area contributed by atoms with Crippen LogP contribution in [-0.4, -0.2) is 29.3 Å². The van der Waals surface area contributed by atoms with Crippen LogP contribution in [0.2, 0.25) is 0 Å². The summed E-state index contributed by atoms with van der Waals surface area (Å²) in [6.45, 7) is 0. The van der Waals surface area contributed by atoms with Gasteiger partial charge in [0.15, 0.2) is 0 Å². The Morgan fingerprint density at radius 1 is 1.41 bits per heavy atom. The molecule has 92 valence electrons. The third-order valence-electron chi connectivity index (χ3n) is 2.26. The van der Waals surface area contributed by atoms with Crippen molar-refractivity contribution in [1.82, 2.24) is 0 Å². The predicted octanol–water partition coefficient (Wildman–Crippen LogP) is 2.10. The minimum atomic E-state index is -1.16. The number of hydrogen-bond donors (Lipinski definition) is 2. The molecule has 1 atom stereocenters. The lowest BCUT2D eigenvalue weighted by Gasteiger charge is -2.12. The van der Waals surface area contributed by atoms with Gasteiger partial charge in [0.05, 0.1) is 23.9 Å². The zero-order valence-corrected chi connectivity index (χ0v) is 10.6. The molecule has 0 amide bonds. The van der Waals surface area contributed by atoms with E-state index in [2.05, 4.69) is 15.9 Å². The number of carbonyl (C=O) groups is 2. The summed E-state index contributed by atoms with van der Waals surface area (Å²) in [4.78, 5) is 21.6. The van der Waals surface area contributed by atoms with Gasteiger partial charge in [-0.25, -0.2) is 0 Å². The van der Waals surface area contributed by atoms with Crippen LogP contribution in [0.5, 0.6) is 5.75 Å². The number of carboxylic acids is 2. The van der Waals surface area contributed by atoms with Crippen LogP contribution < -0.4 is 4.74 Å². The van der Waals surface area contributed by atoms with E-state index in [0.717, 1.165) is 0 Å². The lowest BCUT2D eigenvalue weighted by Crippen LogP contribution is -2.15. The third-order valence-corrected chi connectivity index (χ3v) is 2.87. The lowest BCUT2D eigenvalue weighted by molar-refractivity contribution is -0.145. The maximum absolute atomic E-state index is 11.0. The van der Waals surface area contributed by atoms with Gasteiger partial charge in [-0.3, -0.25) is 9.59 Å². The highest BCUT2D eigenvalue weighted by Crippen LogP contribution is 2.30. The van der Waals surface area contributed by atoms with E-state index >= 15 is 0 Å². The number of aliphatic carboxylic acids is 2. The molecule has 6 heteroatoms. The number of hydrogen-bond acceptors (Lipinski definition) is 3. The van der Waals surface area contributed by atoms with Gasteiger partial charge in [-0.05, 0) is 33.6 Å². The van der Waals surface area contributed by atoms with Crippen LogP contribution in [0.3, 0.4) is 0 Å². The zero-order chi connectivity index (χ0) is 13.0. The minimum Gasteiger partial charge on any atom is -0.496 e. The number of rotatable bonds is 5. The molecule has 0 radical (unpaired) electrons. The standard InChI is InChI=1S/C11H11BrO5/c1-17-9-3-2-6(4-8(9)12)7(11(15)16)5-10(13)14/h2-4,7H,5H2,1H3,(H,13,14)(H,15,16). The van der Waals surface area contributed by atoms with Gasteiger partial charge in [-0.15, -0.1) is 0 Å². The van der Waals surface area contributed by atoms with E-state index in [1.807, 2.05) is 0 Å². The smallest absolute Gasteiger partial charge is 0.311 e. The molecule has 0 aliphatic rings. The minimum absolute atomic E-state index is 0.424. The summed E-state index contributed by atoms with van der Waals surface area (Å²) >= 11 is 3.23. The molecule has 1 rings (SSSR count). The van der Waals surface area contributed by atoms with Gasteiger partial charge in [-0.2, -0.15) is 0 Å². The average Bonchev–Trinajstić information content (AvgIpc) is 2.25. The monoisotopic (exact) mass is 302 g/mol. The first-order valence-corrected chi connectivity index (χ1v) is 5.53. The van der Waals surface area contributed by atoms with Gasteiger partial charge in [0.2, 0.25) is 0 Å². The first-order chi connectivity index (χ1) is 7.95. The fraction of sp³-hybridized carbons (Fsp3) is 0.273. The van der Waals surface area contributed by atoms with Gasteiger partial charge in [0.1, 0.15) is 5.75 Å². The topological polar surface area (TPSA) is 83.8 Å². The van der Waals surface area contributed by atoms with Crippen LogP contribution >= 0.6 is 15.9 Å². The fourth-order valence-electron chi connectivity index (χ4n) is 1.42. The number of halogens is 1. The first kappa shape index (κ1) is 13.5. The SMILES string of the molecule is COc1ccc(C(CC(=O)O)C(=O)O)cc1Br. The molecule has 0 bridgehead atoms. The molecule has 0 fully saturated rings. The van der Waals surface area contributed by atoms with E-state index in [9.17, 15) is 9.59 Å². The zero-order valence-electron chi connectivity index (χ0n) is 9.01. The maximum atomic E-state index is 11.0. The second-order valence-corrected chi connectivity index (χ2v) is 4.24. The van der Waals surface area contributed by atoms with Gasteiger partial charge >= 0.3 is 11.9 Å². The molecule has 1 aromatic carbocycles. The Kier molecular flexibility index (Phi) is 4.51. The quantitative estimate of drug-likeness (QED) is 0.870. The molecule has 0 aromatic heterocycles. The first-order valence-electron chi connectivity index (χ1n) is 4.73. The largest absolute Gasteiger partial charge is 0.496 e. The van der Waals surface area contributed by atoms with Crippen LogP contribution in [0.4, 0.5) is 0 Å². The van der Waals surface area contributed by atoms with Gasteiger partial charge in [-0.1, -0.05) is 6.07 Å². The van der Waals surface area contributed by atoms with E-state index in [1.54, 1.807) is 18.2 Å². The molecular formula is C11H11BrO5. The summed E-state index contributed by atoms with van der Waals surface area (Å²) in [5, 5.41) is 17.6. The van der Waals surface area contributed by atoms with E-state index in [0.29, 0.717) is 15.8 Å². The highest BCUT2D eigenvalue weighted by atomic mass is 79.9. The van der Waals surface area contributed by atoms with Crippen molar-refractivity contribution in [3.05, 3.63) is 28.2 Å². The Hall–Kier alpha value is -1.56. The second kappa shape index (κ2) is 5.67. The molecule has 0 saturated carbocycles. The normalized spacial score (nSPS) is 11.9. The molecule has 1 unspecified atom stereocenters. The van der Waals surface area contributed by atoms with Crippen molar-refractivity contribution in [3.63, 3.8) is 0 Å². The summed E-state index contributed by atoms with van der Waals surface area (Å²) in [6, 6.07) is 4.70. The van der Waals surface area contributed by atoms with E-state index in [4.69, 9.17) is 14.9 Å². The predicted molar refractivity (Wildman–Crippen MR) is 63.3 cm³/mol. The van der Waals surface area contributed by atoms with E-state index in [-0.39, 0.29) is 0 Å². The summed E-state index contributed by atoms with van der Waals surface area (Å²) < 4.78 is 5.60. The Balaban J connectivity index is 3.06. The Labute approximate surface area is 106 Å². The molecule has 0 aliphatic carbocycles. The van der Waals surface area contributed by atoms with Gasteiger partial charge < -0.3 is 14.9 Å². The fourth-order valence-corrected chi connectivity index (χ4v) is 1.98. The summed E-state index contributed by atoms with van der Waals surface area (Å²) in [7, 11) is 1.49. The van der Waals surface area contributed by atoms with Crippen molar-refractivity contribution in [2.75, 3.05) is 7.11 Å². The third kappa shape index (κ3) is 3.45. The summed E-state index contributed by atoms with van der Waals surface area (Å²) in [6.07, 6.45) is -0.450. The number of ether oxygens (including phenoxy) is 1. The average molecular weight is 303 g/mol. The van der Waals surface area contributed by atoms with Gasteiger partial charge in [0.25, 0.3) is 0 Å². The molecule has 0 saturated heterocycles. The molecule has 5 nitrogen and oxygen atoms in total. The van der Waals surface area contributed by atoms with Crippen molar-refractivity contribution >= 4 is 27.9 Å². The second-order valence-electron chi connectivity index (χ2n) is 3.38. The highest BCUT2D eigenvalue weighted by molar-refractivity contribution is 9.10. The van der Waals surface area contributed by atoms with Crippen molar-refractivity contribution in [3.8, 4) is 5.75 Å². The van der Waals surface area contributed by atoms with Crippen LogP contribution in [0.25, 0.3) is 0 Å². The molecule has 17 heavy (non-hydrogen) atoms. The Morgan fingerprint density at radius 2 is 2.06 bits per heavy atom. The lowest BCUT2D eigenvalue weighted by atomic mass is 9.96. The molecule has 0 heterocycles. The molecule has 0 spiro atoms. The summed E-state index contributed by atoms with van der Waals surface area (Å²) in [5.74, 6) is -2.81. The Bertz CT molecular complexity index is 443. The van der Waals surface area contributed by atoms with Gasteiger partial charge in [0, 0.05) is 0 Å². The Morgan fingerprint density at radius 3 is 2.47 bits per heavy atom. The molecule has 1 aromatic rings. The highest BCUT2D eigenvalue weighted by Gasteiger charge is 2.23. The van der Waals surface area contributed by atoms with E-state index < -0.39 is 24.3 Å². The van der Waals surface area contributed by atoms with Crippen molar-refractivity contribution < 1.29 is 24.5 Å². The van der Waals surface area contributed by atoms with Crippen LogP contribution in [0.15, 0.2) is 22.7 Å². The molecule has 0 aliphatic heterocycles. The summed E-state index contributed by atoms with van der Waals surface area (Å²) in [5.41, 5.74) is 0.424. The van der Waals surface area contributed by atoms with Crippen molar-refractivity contribution in [2.24, 2.45) is 0 Å². The number of methoxy groups -OCH3 is 1. The number of carboxylic acid groups (broad SMARTS) is 2. The van der Waals surface area contributed by atoms with Crippen LogP contribution in [0, 0.1) is 0 Å². The van der Waals surface area contributed by atoms with Crippen LogP contribution in [0.1, 0.15) is 17.9 Å². The molecule has 2 N–H and O–H groups in total.